The Bertz CT molecular complexity index is 686. The van der Waals surface area contributed by atoms with Crippen LogP contribution in [0.25, 0.3) is 0 Å². The topological polar surface area (TPSA) is 74.5 Å². The number of nitrogens with zero attached hydrogens (tertiary/aromatic N) is 3. The van der Waals surface area contributed by atoms with Crippen LogP contribution in [0, 0.1) is 11.3 Å². The van der Waals surface area contributed by atoms with Crippen molar-refractivity contribution in [2.45, 2.75) is 24.4 Å². The second-order valence-electron chi connectivity index (χ2n) is 3.76. The van der Waals surface area contributed by atoms with Crippen molar-refractivity contribution in [1.29, 1.82) is 5.26 Å². The van der Waals surface area contributed by atoms with Crippen LogP contribution in [0.2, 0.25) is 5.02 Å². The Morgan fingerprint density at radius 1 is 1.58 bits per heavy atom. The van der Waals surface area contributed by atoms with Crippen molar-refractivity contribution in [2.75, 3.05) is 0 Å². The molecule has 7 heteroatoms. The normalized spacial score (nSPS) is 10.4. The number of hydrogen-bond acceptors (Lipinski definition) is 4. The zero-order chi connectivity index (χ0) is 13.8. The highest BCUT2D eigenvalue weighted by molar-refractivity contribution is 7.98. The number of nitrogens with one attached hydrogen (secondary N) is 1. The van der Waals surface area contributed by atoms with Crippen LogP contribution < -0.4 is 5.69 Å². The Morgan fingerprint density at radius 2 is 2.37 bits per heavy atom. The van der Waals surface area contributed by atoms with Gasteiger partial charge in [0.2, 0.25) is 0 Å². The molecule has 0 spiro atoms. The van der Waals surface area contributed by atoms with Crippen LogP contribution >= 0.6 is 23.4 Å². The molecule has 0 fully saturated rings. The molecule has 1 aromatic heterocycles. The summed E-state index contributed by atoms with van der Waals surface area (Å²) in [6, 6.07) is 7.21. The first kappa shape index (κ1) is 13.7. The number of benzene rings is 1. The van der Waals surface area contributed by atoms with Crippen LogP contribution in [0.5, 0.6) is 0 Å². The molecule has 0 amide bonds. The van der Waals surface area contributed by atoms with Gasteiger partial charge in [0.05, 0.1) is 11.6 Å². The molecule has 98 valence electrons. The first-order valence-electron chi connectivity index (χ1n) is 5.62. The Labute approximate surface area is 119 Å². The quantitative estimate of drug-likeness (QED) is 0.879. The third-order valence-electron chi connectivity index (χ3n) is 2.58. The minimum atomic E-state index is -0.212. The summed E-state index contributed by atoms with van der Waals surface area (Å²) in [7, 11) is 0. The summed E-state index contributed by atoms with van der Waals surface area (Å²) >= 11 is 7.52. The van der Waals surface area contributed by atoms with Gasteiger partial charge >= 0.3 is 5.69 Å². The second-order valence-corrected chi connectivity index (χ2v) is 5.11. The SMILES string of the molecule is CCn1c(SCc2ccc(C#N)cc2Cl)n[nH]c1=O. The van der Waals surface area contributed by atoms with Crippen LogP contribution in [-0.4, -0.2) is 14.8 Å². The fraction of sp³-hybridized carbons (Fsp3) is 0.250. The maximum absolute atomic E-state index is 11.4. The van der Waals surface area contributed by atoms with Gasteiger partial charge in [0.25, 0.3) is 0 Å². The fourth-order valence-corrected chi connectivity index (χ4v) is 2.91. The van der Waals surface area contributed by atoms with Crippen molar-refractivity contribution >= 4 is 23.4 Å². The first-order chi connectivity index (χ1) is 9.15. The molecule has 0 aliphatic rings. The van der Waals surface area contributed by atoms with E-state index in [0.717, 1.165) is 5.56 Å². The molecule has 0 bridgehead atoms. The molecule has 0 aliphatic heterocycles. The summed E-state index contributed by atoms with van der Waals surface area (Å²) in [5, 5.41) is 16.3. The smallest absolute Gasteiger partial charge is 0.270 e. The fourth-order valence-electron chi connectivity index (χ4n) is 1.57. The molecule has 1 heterocycles. The van der Waals surface area contributed by atoms with E-state index in [9.17, 15) is 4.79 Å². The lowest BCUT2D eigenvalue weighted by Crippen LogP contribution is -2.16. The molecule has 19 heavy (non-hydrogen) atoms. The molecular weight excluding hydrogens is 284 g/mol. The molecule has 0 saturated carbocycles. The Morgan fingerprint density at radius 3 is 3.00 bits per heavy atom. The van der Waals surface area contributed by atoms with E-state index in [2.05, 4.69) is 10.2 Å². The van der Waals surface area contributed by atoms with Crippen LogP contribution in [0.1, 0.15) is 18.1 Å². The van der Waals surface area contributed by atoms with E-state index in [-0.39, 0.29) is 5.69 Å². The Hall–Kier alpha value is -1.71. The van der Waals surface area contributed by atoms with Gasteiger partial charge in [-0.25, -0.2) is 9.89 Å². The van der Waals surface area contributed by atoms with Crippen LogP contribution in [0.4, 0.5) is 0 Å². The largest absolute Gasteiger partial charge is 0.343 e. The lowest BCUT2D eigenvalue weighted by atomic mass is 10.2. The number of H-pyrrole nitrogens is 1. The maximum Gasteiger partial charge on any atom is 0.343 e. The predicted octanol–water partition coefficient (Wildman–Crippen LogP) is 2.41. The zero-order valence-electron chi connectivity index (χ0n) is 10.2. The highest BCUT2D eigenvalue weighted by Gasteiger charge is 2.09. The second kappa shape index (κ2) is 5.95. The lowest BCUT2D eigenvalue weighted by molar-refractivity contribution is 0.660. The molecule has 0 atom stereocenters. The van der Waals surface area contributed by atoms with Gasteiger partial charge in [-0.1, -0.05) is 29.4 Å². The molecule has 2 aromatic rings. The van der Waals surface area contributed by atoms with Crippen molar-refractivity contribution in [3.05, 3.63) is 44.8 Å². The van der Waals surface area contributed by atoms with Gasteiger partial charge < -0.3 is 0 Å². The van der Waals surface area contributed by atoms with Crippen LogP contribution in [0.15, 0.2) is 28.2 Å². The number of aromatic amines is 1. The molecule has 2 rings (SSSR count). The molecule has 0 unspecified atom stereocenters. The van der Waals surface area contributed by atoms with E-state index in [4.69, 9.17) is 16.9 Å². The Kier molecular flexibility index (Phi) is 4.30. The minimum absolute atomic E-state index is 0.212. The van der Waals surface area contributed by atoms with Gasteiger partial charge in [0.1, 0.15) is 0 Å². The summed E-state index contributed by atoms with van der Waals surface area (Å²) in [6.07, 6.45) is 0. The predicted molar refractivity (Wildman–Crippen MR) is 74.2 cm³/mol. The number of aromatic nitrogens is 3. The van der Waals surface area contributed by atoms with E-state index in [1.165, 1.54) is 11.8 Å². The van der Waals surface area contributed by atoms with Gasteiger partial charge in [0, 0.05) is 17.3 Å². The highest BCUT2D eigenvalue weighted by Crippen LogP contribution is 2.25. The average molecular weight is 295 g/mol. The number of rotatable bonds is 4. The van der Waals surface area contributed by atoms with Gasteiger partial charge in [-0.15, -0.1) is 5.10 Å². The molecule has 1 N–H and O–H groups in total. The molecule has 0 saturated heterocycles. The van der Waals surface area contributed by atoms with E-state index in [1.807, 2.05) is 19.1 Å². The van der Waals surface area contributed by atoms with E-state index in [1.54, 1.807) is 16.7 Å². The summed E-state index contributed by atoms with van der Waals surface area (Å²) in [5.74, 6) is 0.592. The van der Waals surface area contributed by atoms with Gasteiger partial charge in [-0.2, -0.15) is 5.26 Å². The van der Waals surface area contributed by atoms with Crippen LogP contribution in [0.3, 0.4) is 0 Å². The minimum Gasteiger partial charge on any atom is -0.270 e. The van der Waals surface area contributed by atoms with Gasteiger partial charge in [-0.05, 0) is 24.6 Å². The van der Waals surface area contributed by atoms with Gasteiger partial charge in [-0.3, -0.25) is 4.57 Å². The van der Waals surface area contributed by atoms with Crippen LogP contribution in [-0.2, 0) is 12.3 Å². The van der Waals surface area contributed by atoms with Crippen molar-refractivity contribution in [2.24, 2.45) is 0 Å². The van der Waals surface area contributed by atoms with Crippen molar-refractivity contribution in [3.63, 3.8) is 0 Å². The number of halogens is 1. The van der Waals surface area contributed by atoms with Crippen molar-refractivity contribution in [3.8, 4) is 6.07 Å². The number of thioether (sulfide) groups is 1. The molecule has 5 nitrogen and oxygen atoms in total. The first-order valence-corrected chi connectivity index (χ1v) is 6.98. The Balaban J connectivity index is 2.15. The molecule has 0 radical (unpaired) electrons. The van der Waals surface area contributed by atoms with E-state index < -0.39 is 0 Å². The molecular formula is C12H11ClN4OS. The molecule has 1 aromatic carbocycles. The summed E-state index contributed by atoms with van der Waals surface area (Å²) < 4.78 is 1.56. The van der Waals surface area contributed by atoms with Crippen molar-refractivity contribution in [1.82, 2.24) is 14.8 Å². The third-order valence-corrected chi connectivity index (χ3v) is 3.96. The number of hydrogen-bond donors (Lipinski definition) is 1. The average Bonchev–Trinajstić information content (AvgIpc) is 2.77. The van der Waals surface area contributed by atoms with Gasteiger partial charge in [0.15, 0.2) is 5.16 Å². The van der Waals surface area contributed by atoms with E-state index in [0.29, 0.717) is 28.0 Å². The summed E-state index contributed by atoms with van der Waals surface area (Å²) in [4.78, 5) is 11.4. The van der Waals surface area contributed by atoms with E-state index >= 15 is 0 Å². The standard InChI is InChI=1S/C12H11ClN4OS/c1-2-17-11(18)15-16-12(17)19-7-9-4-3-8(6-14)5-10(9)13/h3-5H,2,7H2,1H3,(H,15,18). The molecule has 0 aliphatic carbocycles. The highest BCUT2D eigenvalue weighted by atomic mass is 35.5. The summed E-state index contributed by atoms with van der Waals surface area (Å²) in [5.41, 5.74) is 1.23. The third kappa shape index (κ3) is 3.00. The number of nitriles is 1. The monoisotopic (exact) mass is 294 g/mol. The lowest BCUT2D eigenvalue weighted by Gasteiger charge is -2.04. The van der Waals surface area contributed by atoms with Crippen molar-refractivity contribution < 1.29 is 0 Å². The maximum atomic E-state index is 11.4. The zero-order valence-corrected chi connectivity index (χ0v) is 11.8. The summed E-state index contributed by atoms with van der Waals surface area (Å²) in [6.45, 7) is 2.45.